The molecule has 0 saturated heterocycles. The topological polar surface area (TPSA) is 115 Å². The second-order valence-electron chi connectivity index (χ2n) is 7.71. The van der Waals surface area contributed by atoms with E-state index in [0.29, 0.717) is 22.8 Å². The number of anilines is 2. The quantitative estimate of drug-likeness (QED) is 0.618. The largest absolute Gasteiger partial charge is 0.472 e. The highest BCUT2D eigenvalue weighted by Crippen LogP contribution is 2.33. The molecule has 32 heavy (non-hydrogen) atoms. The van der Waals surface area contributed by atoms with Crippen molar-refractivity contribution in [2.75, 3.05) is 23.4 Å². The SMILES string of the molecule is C[C@@H]1CN(c2ccc(-c3ccc(CS(C)(=O)=O)cc3Cl)cc2)C(=O)c2c(N)ncnc2O1. The van der Waals surface area contributed by atoms with Gasteiger partial charge in [-0.05, 0) is 36.2 Å². The fourth-order valence-corrected chi connectivity index (χ4v) is 4.70. The highest BCUT2D eigenvalue weighted by atomic mass is 35.5. The van der Waals surface area contributed by atoms with E-state index >= 15 is 0 Å². The van der Waals surface area contributed by atoms with Crippen molar-refractivity contribution in [3.63, 3.8) is 0 Å². The monoisotopic (exact) mass is 472 g/mol. The molecule has 0 bridgehead atoms. The average molecular weight is 473 g/mol. The molecule has 1 atom stereocenters. The molecule has 1 amide bonds. The van der Waals surface area contributed by atoms with Crippen LogP contribution in [0.4, 0.5) is 11.5 Å². The molecule has 2 heterocycles. The van der Waals surface area contributed by atoms with E-state index in [4.69, 9.17) is 22.1 Å². The molecule has 0 unspecified atom stereocenters. The van der Waals surface area contributed by atoms with Gasteiger partial charge in [-0.2, -0.15) is 0 Å². The molecule has 2 aromatic carbocycles. The maximum atomic E-state index is 13.2. The number of carbonyl (C=O) groups excluding carboxylic acids is 1. The van der Waals surface area contributed by atoms with Crippen molar-refractivity contribution < 1.29 is 17.9 Å². The van der Waals surface area contributed by atoms with Crippen LogP contribution in [0.25, 0.3) is 11.1 Å². The van der Waals surface area contributed by atoms with Gasteiger partial charge in [-0.25, -0.2) is 18.4 Å². The summed E-state index contributed by atoms with van der Waals surface area (Å²) in [6.07, 6.45) is 2.15. The van der Waals surface area contributed by atoms with Crippen LogP contribution >= 0.6 is 11.6 Å². The number of hydrogen-bond acceptors (Lipinski definition) is 7. The Morgan fingerprint density at radius 3 is 2.56 bits per heavy atom. The molecule has 0 spiro atoms. The van der Waals surface area contributed by atoms with Crippen molar-refractivity contribution in [2.45, 2.75) is 18.8 Å². The number of ether oxygens (including phenoxy) is 1. The first-order valence-electron chi connectivity index (χ1n) is 9.78. The number of nitrogens with zero attached hydrogens (tertiary/aromatic N) is 3. The van der Waals surface area contributed by atoms with E-state index in [1.54, 1.807) is 23.1 Å². The summed E-state index contributed by atoms with van der Waals surface area (Å²) in [5, 5.41) is 0.450. The molecule has 2 N–H and O–H groups in total. The number of nitrogen functional groups attached to an aromatic ring is 1. The number of aromatic nitrogens is 2. The second-order valence-corrected chi connectivity index (χ2v) is 10.3. The predicted molar refractivity (Wildman–Crippen MR) is 124 cm³/mol. The minimum absolute atomic E-state index is 0.0664. The summed E-state index contributed by atoms with van der Waals surface area (Å²) < 4.78 is 28.8. The van der Waals surface area contributed by atoms with Crippen molar-refractivity contribution in [2.24, 2.45) is 0 Å². The van der Waals surface area contributed by atoms with E-state index in [0.717, 1.165) is 11.1 Å². The molecule has 1 aliphatic rings. The van der Waals surface area contributed by atoms with Crippen LogP contribution in [0.2, 0.25) is 5.02 Å². The first-order chi connectivity index (χ1) is 15.1. The Morgan fingerprint density at radius 2 is 1.91 bits per heavy atom. The minimum Gasteiger partial charge on any atom is -0.472 e. The summed E-state index contributed by atoms with van der Waals surface area (Å²) in [4.78, 5) is 22.7. The summed E-state index contributed by atoms with van der Waals surface area (Å²) in [7, 11) is -3.15. The third-order valence-corrected chi connectivity index (χ3v) is 6.18. The third kappa shape index (κ3) is 4.53. The number of benzene rings is 2. The van der Waals surface area contributed by atoms with Crippen LogP contribution in [0, 0.1) is 0 Å². The summed E-state index contributed by atoms with van der Waals surface area (Å²) in [5.41, 5.74) is 8.95. The van der Waals surface area contributed by atoms with Crippen molar-refractivity contribution >= 4 is 38.9 Å². The van der Waals surface area contributed by atoms with Gasteiger partial charge < -0.3 is 15.4 Å². The lowest BCUT2D eigenvalue weighted by atomic mass is 10.0. The van der Waals surface area contributed by atoms with Crippen LogP contribution in [0.15, 0.2) is 48.8 Å². The normalized spacial score (nSPS) is 16.3. The van der Waals surface area contributed by atoms with Crippen LogP contribution in [0.3, 0.4) is 0 Å². The van der Waals surface area contributed by atoms with E-state index in [9.17, 15) is 13.2 Å². The Labute approximate surface area is 190 Å². The lowest BCUT2D eigenvalue weighted by molar-refractivity contribution is 0.0988. The van der Waals surface area contributed by atoms with Crippen LogP contribution < -0.4 is 15.4 Å². The van der Waals surface area contributed by atoms with E-state index in [1.807, 2.05) is 31.2 Å². The van der Waals surface area contributed by atoms with E-state index < -0.39 is 9.84 Å². The van der Waals surface area contributed by atoms with Crippen molar-refractivity contribution in [3.8, 4) is 17.0 Å². The molecule has 0 fully saturated rings. The van der Waals surface area contributed by atoms with E-state index in [-0.39, 0.29) is 35.0 Å². The number of nitrogens with two attached hydrogens (primary N) is 1. The number of hydrogen-bond donors (Lipinski definition) is 1. The van der Waals surface area contributed by atoms with Gasteiger partial charge in [0.25, 0.3) is 5.91 Å². The molecule has 10 heteroatoms. The number of carbonyl (C=O) groups is 1. The zero-order chi connectivity index (χ0) is 23.0. The molecule has 166 valence electrons. The second kappa shape index (κ2) is 8.40. The zero-order valence-corrected chi connectivity index (χ0v) is 19.0. The predicted octanol–water partition coefficient (Wildman–Crippen LogP) is 3.35. The van der Waals surface area contributed by atoms with Crippen molar-refractivity contribution in [1.82, 2.24) is 9.97 Å². The number of fused-ring (bicyclic) bond motifs is 1. The minimum atomic E-state index is -3.15. The van der Waals surface area contributed by atoms with Gasteiger partial charge in [0.1, 0.15) is 23.8 Å². The van der Waals surface area contributed by atoms with Gasteiger partial charge in [0, 0.05) is 22.5 Å². The Kier molecular flexibility index (Phi) is 5.79. The number of sulfone groups is 1. The smallest absolute Gasteiger partial charge is 0.267 e. The van der Waals surface area contributed by atoms with Gasteiger partial charge in [0.15, 0.2) is 9.84 Å². The van der Waals surface area contributed by atoms with E-state index in [1.165, 1.54) is 12.6 Å². The molecule has 3 aromatic rings. The molecular weight excluding hydrogens is 452 g/mol. The first kappa shape index (κ1) is 22.0. The van der Waals surface area contributed by atoms with Gasteiger partial charge in [-0.15, -0.1) is 0 Å². The number of rotatable bonds is 4. The van der Waals surface area contributed by atoms with Gasteiger partial charge in [-0.1, -0.05) is 35.9 Å². The number of halogens is 1. The third-order valence-electron chi connectivity index (χ3n) is 5.01. The molecule has 1 aliphatic heterocycles. The average Bonchev–Trinajstić information content (AvgIpc) is 2.83. The Hall–Kier alpha value is -3.17. The molecule has 0 radical (unpaired) electrons. The van der Waals surface area contributed by atoms with Crippen LogP contribution in [0.5, 0.6) is 5.88 Å². The van der Waals surface area contributed by atoms with Gasteiger partial charge in [0.05, 0.1) is 12.3 Å². The Bertz CT molecular complexity index is 1300. The summed E-state index contributed by atoms with van der Waals surface area (Å²) >= 11 is 6.42. The molecular formula is C22H21ClN4O4S. The molecule has 0 saturated carbocycles. The maximum absolute atomic E-state index is 13.2. The van der Waals surface area contributed by atoms with Crippen molar-refractivity contribution in [1.29, 1.82) is 0 Å². The lowest BCUT2D eigenvalue weighted by Gasteiger charge is -2.22. The van der Waals surface area contributed by atoms with E-state index in [2.05, 4.69) is 9.97 Å². The molecule has 0 aliphatic carbocycles. The maximum Gasteiger partial charge on any atom is 0.267 e. The molecule has 1 aromatic heterocycles. The fraction of sp³-hybridized carbons (Fsp3) is 0.227. The standard InChI is InChI=1S/C22H21ClN4O4S/c1-13-10-27(22(28)19-20(24)25-12-26-21(19)31-13)16-6-4-15(5-7-16)17-8-3-14(9-18(17)23)11-32(2,29)30/h3-9,12-13H,10-11H2,1-2H3,(H2,24,25,26)/t13-/m1/s1. The van der Waals surface area contributed by atoms with Crippen LogP contribution in [-0.2, 0) is 15.6 Å². The molecule has 8 nitrogen and oxygen atoms in total. The van der Waals surface area contributed by atoms with Gasteiger partial charge in [-0.3, -0.25) is 4.79 Å². The highest BCUT2D eigenvalue weighted by molar-refractivity contribution is 7.89. The molecule has 4 rings (SSSR count). The summed E-state index contributed by atoms with van der Waals surface area (Å²) in [6.45, 7) is 2.16. The van der Waals surface area contributed by atoms with Gasteiger partial charge >= 0.3 is 0 Å². The Morgan fingerprint density at radius 1 is 1.19 bits per heavy atom. The van der Waals surface area contributed by atoms with Crippen LogP contribution in [0.1, 0.15) is 22.8 Å². The zero-order valence-electron chi connectivity index (χ0n) is 17.4. The summed E-state index contributed by atoms with van der Waals surface area (Å²) in [6, 6.07) is 12.5. The summed E-state index contributed by atoms with van der Waals surface area (Å²) in [5.74, 6) is -0.164. The number of amides is 1. The Balaban J connectivity index is 1.64. The lowest BCUT2D eigenvalue weighted by Crippen LogP contribution is -2.36. The van der Waals surface area contributed by atoms with Gasteiger partial charge in [0.2, 0.25) is 5.88 Å². The van der Waals surface area contributed by atoms with Crippen LogP contribution in [-0.4, -0.2) is 43.2 Å². The van der Waals surface area contributed by atoms with Crippen molar-refractivity contribution in [3.05, 3.63) is 64.9 Å². The highest BCUT2D eigenvalue weighted by Gasteiger charge is 2.31. The first-order valence-corrected chi connectivity index (χ1v) is 12.2. The fourth-order valence-electron chi connectivity index (χ4n) is 3.60.